The third-order valence-corrected chi connectivity index (χ3v) is 3.37. The van der Waals surface area contributed by atoms with Gasteiger partial charge in [-0.25, -0.2) is 0 Å². The molecule has 0 unspecified atom stereocenters. The van der Waals surface area contributed by atoms with Gasteiger partial charge in [-0.15, -0.1) is 0 Å². The Morgan fingerprint density at radius 1 is 1.42 bits per heavy atom. The van der Waals surface area contributed by atoms with Crippen LogP contribution in [0.1, 0.15) is 41.6 Å². The van der Waals surface area contributed by atoms with Crippen LogP contribution in [0.2, 0.25) is 0 Å². The van der Waals surface area contributed by atoms with E-state index in [-0.39, 0.29) is 12.5 Å². The largest absolute Gasteiger partial charge is 0.395 e. The highest BCUT2D eigenvalue weighted by molar-refractivity contribution is 5.94. The Labute approximate surface area is 114 Å². The Balaban J connectivity index is 1.93. The second kappa shape index (κ2) is 6.96. The third-order valence-electron chi connectivity index (χ3n) is 3.37. The van der Waals surface area contributed by atoms with Crippen LogP contribution < -0.4 is 5.32 Å². The quantitative estimate of drug-likeness (QED) is 0.810. The minimum absolute atomic E-state index is 0.0299. The van der Waals surface area contributed by atoms with Crippen LogP contribution in [0.3, 0.4) is 0 Å². The number of amides is 1. The Hall–Kier alpha value is -1.79. The highest BCUT2D eigenvalue weighted by Gasteiger charge is 2.18. The molecule has 1 amide bonds. The zero-order chi connectivity index (χ0) is 13.5. The number of carbonyl (C=O) groups is 1. The van der Waals surface area contributed by atoms with Crippen LogP contribution in [-0.2, 0) is 0 Å². The molecule has 2 N–H and O–H groups in total. The highest BCUT2D eigenvalue weighted by atomic mass is 16.2. The molecule has 3 nitrogen and oxygen atoms in total. The van der Waals surface area contributed by atoms with Gasteiger partial charge in [-0.3, -0.25) is 4.79 Å². The Bertz CT molecular complexity index is 495. The van der Waals surface area contributed by atoms with Crippen LogP contribution in [0.5, 0.6) is 0 Å². The Morgan fingerprint density at radius 3 is 2.95 bits per heavy atom. The van der Waals surface area contributed by atoms with Crippen LogP contribution >= 0.6 is 0 Å². The van der Waals surface area contributed by atoms with Crippen molar-refractivity contribution in [3.63, 3.8) is 0 Å². The maximum absolute atomic E-state index is 12.0. The summed E-state index contributed by atoms with van der Waals surface area (Å²) in [5, 5.41) is 11.6. The van der Waals surface area contributed by atoms with Gasteiger partial charge in [0.2, 0.25) is 0 Å². The Morgan fingerprint density at radius 2 is 2.26 bits per heavy atom. The molecule has 0 bridgehead atoms. The molecule has 0 radical (unpaired) electrons. The van der Waals surface area contributed by atoms with Crippen LogP contribution in [0.25, 0.3) is 0 Å². The molecule has 0 spiro atoms. The third kappa shape index (κ3) is 4.11. The molecule has 1 aromatic carbocycles. The predicted molar refractivity (Wildman–Crippen MR) is 74.7 cm³/mol. The van der Waals surface area contributed by atoms with Gasteiger partial charge in [0, 0.05) is 24.1 Å². The second-order valence-corrected chi connectivity index (χ2v) is 4.86. The van der Waals surface area contributed by atoms with E-state index in [2.05, 4.69) is 17.2 Å². The highest BCUT2D eigenvalue weighted by Crippen LogP contribution is 2.25. The molecule has 3 heteroatoms. The van der Waals surface area contributed by atoms with Crippen molar-refractivity contribution >= 4 is 5.91 Å². The van der Waals surface area contributed by atoms with Gasteiger partial charge in [0.05, 0.1) is 6.61 Å². The van der Waals surface area contributed by atoms with Crippen LogP contribution in [0.15, 0.2) is 24.3 Å². The number of aliphatic hydroxyl groups is 1. The van der Waals surface area contributed by atoms with E-state index < -0.39 is 0 Å². The van der Waals surface area contributed by atoms with E-state index in [1.165, 1.54) is 19.3 Å². The number of rotatable bonds is 4. The molecule has 1 aliphatic rings. The molecule has 1 aliphatic carbocycles. The molecular formula is C16H19NO2. The maximum Gasteiger partial charge on any atom is 0.251 e. The second-order valence-electron chi connectivity index (χ2n) is 4.86. The van der Waals surface area contributed by atoms with Crippen LogP contribution in [0, 0.1) is 17.8 Å². The molecular weight excluding hydrogens is 238 g/mol. The number of aliphatic hydroxyl groups excluding tert-OH is 1. The van der Waals surface area contributed by atoms with E-state index in [0.717, 1.165) is 12.1 Å². The van der Waals surface area contributed by atoms with Gasteiger partial charge < -0.3 is 10.4 Å². The van der Waals surface area contributed by atoms with Gasteiger partial charge in [-0.1, -0.05) is 24.3 Å². The zero-order valence-corrected chi connectivity index (χ0v) is 11.0. The first kappa shape index (κ1) is 13.6. The van der Waals surface area contributed by atoms with Gasteiger partial charge >= 0.3 is 0 Å². The first-order chi connectivity index (χ1) is 9.29. The van der Waals surface area contributed by atoms with Crippen molar-refractivity contribution in [1.82, 2.24) is 5.32 Å². The number of carbonyl (C=O) groups excluding carboxylic acids is 1. The summed E-state index contributed by atoms with van der Waals surface area (Å²) in [6, 6.07) is 7.29. The summed E-state index contributed by atoms with van der Waals surface area (Å²) in [7, 11) is 0. The average molecular weight is 257 g/mol. The normalized spacial score (nSPS) is 14.2. The van der Waals surface area contributed by atoms with Crippen molar-refractivity contribution in [2.75, 3.05) is 13.2 Å². The van der Waals surface area contributed by atoms with Crippen molar-refractivity contribution < 1.29 is 9.90 Å². The molecule has 1 aromatic rings. The smallest absolute Gasteiger partial charge is 0.251 e. The van der Waals surface area contributed by atoms with Gasteiger partial charge in [-0.05, 0) is 37.0 Å². The average Bonchev–Trinajstić information content (AvgIpc) is 2.37. The van der Waals surface area contributed by atoms with Gasteiger partial charge in [0.1, 0.15) is 0 Å². The number of hydrogen-bond acceptors (Lipinski definition) is 2. The first-order valence-corrected chi connectivity index (χ1v) is 6.77. The number of benzene rings is 1. The zero-order valence-electron chi connectivity index (χ0n) is 11.0. The molecule has 0 atom stereocenters. The fraction of sp³-hybridized carbons (Fsp3) is 0.438. The van der Waals surface area contributed by atoms with E-state index in [0.29, 0.717) is 17.9 Å². The van der Waals surface area contributed by atoms with Crippen LogP contribution in [0.4, 0.5) is 0 Å². The van der Waals surface area contributed by atoms with Crippen molar-refractivity contribution in [2.24, 2.45) is 5.92 Å². The van der Waals surface area contributed by atoms with Crippen molar-refractivity contribution in [2.45, 2.75) is 25.7 Å². The summed E-state index contributed by atoms with van der Waals surface area (Å²) in [5.41, 5.74) is 1.46. The SMILES string of the molecule is O=C(NCC1CCC1)c1cccc(C#CCCO)c1. The summed E-state index contributed by atoms with van der Waals surface area (Å²) in [6.07, 6.45) is 4.20. The molecule has 0 aliphatic heterocycles. The van der Waals surface area contributed by atoms with Gasteiger partial charge in [0.15, 0.2) is 0 Å². The maximum atomic E-state index is 12.0. The number of hydrogen-bond donors (Lipinski definition) is 2. The molecule has 1 fully saturated rings. The first-order valence-electron chi connectivity index (χ1n) is 6.77. The molecule has 0 aromatic heterocycles. The lowest BCUT2D eigenvalue weighted by molar-refractivity contribution is 0.0939. The van der Waals surface area contributed by atoms with Crippen molar-refractivity contribution in [1.29, 1.82) is 0 Å². The lowest BCUT2D eigenvalue weighted by Crippen LogP contribution is -2.32. The Kier molecular flexibility index (Phi) is 5.00. The van der Waals surface area contributed by atoms with E-state index in [1.54, 1.807) is 12.1 Å². The van der Waals surface area contributed by atoms with Crippen LogP contribution in [-0.4, -0.2) is 24.2 Å². The minimum Gasteiger partial charge on any atom is -0.395 e. The summed E-state index contributed by atoms with van der Waals surface area (Å²) in [5.74, 6) is 6.43. The lowest BCUT2D eigenvalue weighted by Gasteiger charge is -2.25. The molecule has 100 valence electrons. The molecule has 19 heavy (non-hydrogen) atoms. The summed E-state index contributed by atoms with van der Waals surface area (Å²) < 4.78 is 0. The fourth-order valence-electron chi connectivity index (χ4n) is 1.99. The summed E-state index contributed by atoms with van der Waals surface area (Å²) in [4.78, 5) is 12.0. The standard InChI is InChI=1S/C16H19NO2/c18-10-2-1-5-13-6-4-9-15(11-13)16(19)17-12-14-7-3-8-14/h4,6,9,11,14,18H,2-3,7-8,10,12H2,(H,17,19). The topological polar surface area (TPSA) is 49.3 Å². The predicted octanol–water partition coefficient (Wildman–Crippen LogP) is 1.95. The monoisotopic (exact) mass is 257 g/mol. The molecule has 2 rings (SSSR count). The van der Waals surface area contributed by atoms with E-state index in [4.69, 9.17) is 5.11 Å². The van der Waals surface area contributed by atoms with Gasteiger partial charge in [0.25, 0.3) is 5.91 Å². The van der Waals surface area contributed by atoms with E-state index in [1.807, 2.05) is 12.1 Å². The number of nitrogens with one attached hydrogen (secondary N) is 1. The molecule has 1 saturated carbocycles. The van der Waals surface area contributed by atoms with Crippen molar-refractivity contribution in [3.8, 4) is 11.8 Å². The molecule has 0 heterocycles. The van der Waals surface area contributed by atoms with E-state index in [9.17, 15) is 4.79 Å². The van der Waals surface area contributed by atoms with E-state index >= 15 is 0 Å². The minimum atomic E-state index is -0.0299. The lowest BCUT2D eigenvalue weighted by atomic mass is 9.85. The molecule has 0 saturated heterocycles. The van der Waals surface area contributed by atoms with Crippen molar-refractivity contribution in [3.05, 3.63) is 35.4 Å². The summed E-state index contributed by atoms with van der Waals surface area (Å²) in [6.45, 7) is 0.841. The fourth-order valence-corrected chi connectivity index (χ4v) is 1.99. The summed E-state index contributed by atoms with van der Waals surface area (Å²) >= 11 is 0. The van der Waals surface area contributed by atoms with Gasteiger partial charge in [-0.2, -0.15) is 0 Å².